The molecule has 9 heteroatoms. The number of hydrogen-bond acceptors (Lipinski definition) is 9. The van der Waals surface area contributed by atoms with Crippen molar-refractivity contribution in [1.29, 1.82) is 0 Å². The Morgan fingerprint density at radius 1 is 0.833 bits per heavy atom. The van der Waals surface area contributed by atoms with E-state index in [0.717, 1.165) is 13.8 Å². The van der Waals surface area contributed by atoms with Crippen molar-refractivity contribution in [3.63, 3.8) is 0 Å². The van der Waals surface area contributed by atoms with E-state index in [9.17, 15) is 14.4 Å². The molecule has 0 aromatic heterocycles. The molecule has 24 heavy (non-hydrogen) atoms. The molecule has 0 aliphatic carbocycles. The van der Waals surface area contributed by atoms with Crippen molar-refractivity contribution in [1.82, 2.24) is 0 Å². The first kappa shape index (κ1) is 20.3. The summed E-state index contributed by atoms with van der Waals surface area (Å²) in [5.41, 5.74) is 0. The van der Waals surface area contributed by atoms with Crippen LogP contribution in [0, 0.1) is 0 Å². The summed E-state index contributed by atoms with van der Waals surface area (Å²) < 4.78 is 38.6. The molecule has 0 saturated heterocycles. The van der Waals surface area contributed by atoms with Gasteiger partial charge in [0.05, 0.1) is 7.98 Å². The van der Waals surface area contributed by atoms with Gasteiger partial charge in [-0.15, -0.1) is 0 Å². The van der Waals surface area contributed by atoms with Crippen LogP contribution in [-0.4, -0.2) is 76.8 Å². The Morgan fingerprint density at radius 2 is 1.42 bits per heavy atom. The van der Waals surface area contributed by atoms with Crippen LogP contribution < -0.4 is 0 Å². The molecular weight excluding hydrogens is 324 g/mol. The highest BCUT2D eigenvalue weighted by molar-refractivity contribution is 5.67. The van der Waals surface area contributed by atoms with E-state index in [2.05, 4.69) is 0 Å². The minimum Gasteiger partial charge on any atom is -0.463 e. The highest BCUT2D eigenvalue weighted by Crippen LogP contribution is 2.18. The lowest BCUT2D eigenvalue weighted by Crippen LogP contribution is -2.52. The number of ether oxygens (including phenoxy) is 6. The van der Waals surface area contributed by atoms with Crippen LogP contribution in [0.4, 0.5) is 0 Å². The topological polar surface area (TPSA) is 107 Å². The second-order valence-electron chi connectivity index (χ2n) is 4.82. The van der Waals surface area contributed by atoms with Gasteiger partial charge in [-0.1, -0.05) is 0 Å². The molecule has 0 N–H and O–H groups in total. The van der Waals surface area contributed by atoms with Gasteiger partial charge in [0, 0.05) is 42.1 Å². The van der Waals surface area contributed by atoms with Crippen molar-refractivity contribution >= 4 is 17.9 Å². The Bertz CT molecular complexity index is 443. The molecule has 9 nitrogen and oxygen atoms in total. The summed E-state index contributed by atoms with van der Waals surface area (Å²) in [6, 6.07) is 0. The molecule has 0 saturated carbocycles. The van der Waals surface area contributed by atoms with Crippen LogP contribution in [0.25, 0.3) is 0 Å². The first-order valence-electron chi connectivity index (χ1n) is 7.74. The molecule has 0 rings (SSSR count). The van der Waals surface area contributed by atoms with E-state index in [1.807, 2.05) is 0 Å². The first-order chi connectivity index (χ1) is 11.7. The molecule has 0 radical (unpaired) electrons. The largest absolute Gasteiger partial charge is 0.463 e. The molecule has 0 amide bonds. The zero-order valence-corrected chi connectivity index (χ0v) is 14.8. The van der Waals surface area contributed by atoms with E-state index in [4.69, 9.17) is 29.8 Å². The Morgan fingerprint density at radius 3 is 1.79 bits per heavy atom. The molecule has 140 valence electrons. The zero-order chi connectivity index (χ0) is 19.6. The van der Waals surface area contributed by atoms with Gasteiger partial charge >= 0.3 is 17.9 Å². The third-order valence-electron chi connectivity index (χ3n) is 2.88. The fourth-order valence-electron chi connectivity index (χ4n) is 2.01. The molecule has 0 aliphatic rings. The van der Waals surface area contributed by atoms with E-state index in [-0.39, 0.29) is 6.61 Å². The molecule has 0 spiro atoms. The fourth-order valence-corrected chi connectivity index (χ4v) is 2.01. The lowest BCUT2D eigenvalue weighted by molar-refractivity contribution is -0.194. The molecule has 0 bridgehead atoms. The minimum atomic E-state index is -1.50. The quantitative estimate of drug-likeness (QED) is 0.378. The van der Waals surface area contributed by atoms with Crippen LogP contribution in [0.15, 0.2) is 0 Å². The zero-order valence-electron chi connectivity index (χ0n) is 15.8. The third-order valence-corrected chi connectivity index (χ3v) is 2.88. The number of carbonyl (C=O) groups excluding carboxylic acids is 3. The lowest BCUT2D eigenvalue weighted by atomic mass is 10.0. The van der Waals surface area contributed by atoms with E-state index >= 15 is 0 Å². The highest BCUT2D eigenvalue weighted by Gasteiger charge is 2.40. The van der Waals surface area contributed by atoms with Crippen LogP contribution in [0.1, 0.15) is 22.1 Å². The number of methoxy groups -OCH3 is 3. The number of esters is 3. The van der Waals surface area contributed by atoms with Gasteiger partial charge in [0.2, 0.25) is 0 Å². The van der Waals surface area contributed by atoms with Crippen molar-refractivity contribution in [2.45, 2.75) is 45.2 Å². The SMILES string of the molecule is [2H]C(OC(C)=O)[C@@H](OC)[C@@H](OC(C)=O)[C@H](OC)[C@H](COC)OC(C)=O. The van der Waals surface area contributed by atoms with Crippen molar-refractivity contribution in [2.24, 2.45) is 0 Å². The monoisotopic (exact) mass is 351 g/mol. The smallest absolute Gasteiger partial charge is 0.303 e. The van der Waals surface area contributed by atoms with E-state index < -0.39 is 48.9 Å². The summed E-state index contributed by atoms with van der Waals surface area (Å²) in [7, 11) is 3.96. The molecule has 0 aliphatic heterocycles. The maximum Gasteiger partial charge on any atom is 0.303 e. The van der Waals surface area contributed by atoms with E-state index in [1.54, 1.807) is 0 Å². The van der Waals surface area contributed by atoms with Crippen LogP contribution in [0.5, 0.6) is 0 Å². The maximum absolute atomic E-state index is 11.5. The van der Waals surface area contributed by atoms with Gasteiger partial charge in [0.1, 0.15) is 18.8 Å². The molecule has 0 fully saturated rings. The van der Waals surface area contributed by atoms with Crippen molar-refractivity contribution in [2.75, 3.05) is 34.5 Å². The number of rotatable bonds is 11. The predicted octanol–water partition coefficient (Wildman–Crippen LogP) is 0.0893. The van der Waals surface area contributed by atoms with Crippen LogP contribution >= 0.6 is 0 Å². The van der Waals surface area contributed by atoms with Gasteiger partial charge in [0.15, 0.2) is 12.2 Å². The standard InChI is InChI=1S/C15H26O9/c1-9(16)22-8-12(20-5)15(24-11(3)18)14(21-6)13(7-19-4)23-10(2)17/h12-15H,7-8H2,1-6H3/t12-,13+,14-,15-/m1/s1/i8D/t8?,12-,13+,14-,15-. The van der Waals surface area contributed by atoms with Gasteiger partial charge in [0.25, 0.3) is 0 Å². The third kappa shape index (κ3) is 8.23. The van der Waals surface area contributed by atoms with Gasteiger partial charge in [-0.25, -0.2) is 0 Å². The van der Waals surface area contributed by atoms with Crippen LogP contribution in [-0.2, 0) is 42.8 Å². The summed E-state index contributed by atoms with van der Waals surface area (Å²) >= 11 is 0. The fraction of sp³-hybridized carbons (Fsp3) is 0.800. The highest BCUT2D eigenvalue weighted by atomic mass is 16.6. The lowest BCUT2D eigenvalue weighted by Gasteiger charge is -2.34. The average molecular weight is 351 g/mol. The summed E-state index contributed by atoms with van der Waals surface area (Å²) in [5, 5.41) is 0. The number of hydrogen-bond donors (Lipinski definition) is 0. The van der Waals surface area contributed by atoms with Crippen LogP contribution in [0.2, 0.25) is 0 Å². The first-order valence-corrected chi connectivity index (χ1v) is 7.16. The number of carbonyl (C=O) groups is 3. The second kappa shape index (κ2) is 11.8. The van der Waals surface area contributed by atoms with Gasteiger partial charge in [-0.3, -0.25) is 14.4 Å². The summed E-state index contributed by atoms with van der Waals surface area (Å²) in [6.45, 7) is 1.95. The Kier molecular flexibility index (Phi) is 9.97. The molecule has 0 heterocycles. The summed E-state index contributed by atoms with van der Waals surface area (Å²) in [6.07, 6.45) is -4.36. The van der Waals surface area contributed by atoms with E-state index in [0.29, 0.717) is 0 Å². The molecule has 1 unspecified atom stereocenters. The molecule has 5 atom stereocenters. The molecule has 0 aromatic rings. The normalized spacial score (nSPS) is 17.7. The second-order valence-corrected chi connectivity index (χ2v) is 4.82. The Hall–Kier alpha value is -1.71. The Labute approximate surface area is 142 Å². The minimum absolute atomic E-state index is 0.0531. The van der Waals surface area contributed by atoms with Crippen molar-refractivity contribution in [3.05, 3.63) is 0 Å². The molecule has 0 aromatic carbocycles. The van der Waals surface area contributed by atoms with Crippen molar-refractivity contribution in [3.8, 4) is 0 Å². The Balaban J connectivity index is 5.68. The van der Waals surface area contributed by atoms with Gasteiger partial charge in [-0.2, -0.15) is 0 Å². The average Bonchev–Trinajstić information content (AvgIpc) is 2.46. The van der Waals surface area contributed by atoms with Crippen LogP contribution in [0.3, 0.4) is 0 Å². The molecular formula is C15H26O9. The van der Waals surface area contributed by atoms with Gasteiger partial charge < -0.3 is 28.4 Å². The summed E-state index contributed by atoms with van der Waals surface area (Å²) in [4.78, 5) is 33.9. The summed E-state index contributed by atoms with van der Waals surface area (Å²) in [5.74, 6) is -1.98. The predicted molar refractivity (Wildman–Crippen MR) is 81.2 cm³/mol. The van der Waals surface area contributed by atoms with E-state index in [1.165, 1.54) is 28.3 Å². The van der Waals surface area contributed by atoms with Crippen molar-refractivity contribution < 1.29 is 44.2 Å². The van der Waals surface area contributed by atoms with Gasteiger partial charge in [-0.05, 0) is 0 Å². The maximum atomic E-state index is 11.5.